The van der Waals surface area contributed by atoms with Crippen molar-refractivity contribution in [3.63, 3.8) is 0 Å². The third-order valence-corrected chi connectivity index (χ3v) is 5.26. The Labute approximate surface area is 190 Å². The van der Waals surface area contributed by atoms with Crippen molar-refractivity contribution in [3.05, 3.63) is 104 Å². The summed E-state index contributed by atoms with van der Waals surface area (Å²) in [6.45, 7) is 4.15. The van der Waals surface area contributed by atoms with Gasteiger partial charge in [-0.05, 0) is 73.4 Å². The summed E-state index contributed by atoms with van der Waals surface area (Å²) in [5, 5.41) is 12.8. The van der Waals surface area contributed by atoms with Gasteiger partial charge in [-0.15, -0.1) is 0 Å². The number of rotatable bonds is 5. The van der Waals surface area contributed by atoms with Gasteiger partial charge in [0.15, 0.2) is 0 Å². The Bertz CT molecular complexity index is 1160. The second-order valence-electron chi connectivity index (χ2n) is 7.15. The Kier molecular flexibility index (Phi) is 7.10. The number of hydrogen-bond donors (Lipinski definition) is 1. The zero-order valence-electron chi connectivity index (χ0n) is 16.7. The molecule has 3 nitrogen and oxygen atoms in total. The summed E-state index contributed by atoms with van der Waals surface area (Å²) in [6.07, 6.45) is 2.33. The highest BCUT2D eigenvalue weighted by molar-refractivity contribution is 9.10. The van der Waals surface area contributed by atoms with E-state index in [0.29, 0.717) is 17.1 Å². The summed E-state index contributed by atoms with van der Waals surface area (Å²) < 4.78 is 0.880. The van der Waals surface area contributed by atoms with E-state index in [4.69, 9.17) is 11.6 Å². The van der Waals surface area contributed by atoms with Gasteiger partial charge in [0.05, 0.1) is 0 Å². The van der Waals surface area contributed by atoms with Crippen LogP contribution in [0.3, 0.4) is 0 Å². The molecule has 1 amide bonds. The van der Waals surface area contributed by atoms with Crippen molar-refractivity contribution in [2.24, 2.45) is 0 Å². The van der Waals surface area contributed by atoms with Crippen LogP contribution in [-0.2, 0) is 11.2 Å². The highest BCUT2D eigenvalue weighted by Crippen LogP contribution is 2.24. The number of halogens is 2. The number of nitriles is 1. The Morgan fingerprint density at radius 3 is 2.50 bits per heavy atom. The van der Waals surface area contributed by atoms with Crippen molar-refractivity contribution >= 4 is 45.2 Å². The van der Waals surface area contributed by atoms with Gasteiger partial charge in [-0.2, -0.15) is 5.26 Å². The first-order valence-corrected chi connectivity index (χ1v) is 10.6. The van der Waals surface area contributed by atoms with E-state index in [-0.39, 0.29) is 5.57 Å². The number of nitrogens with one attached hydrogen (secondary N) is 1. The normalized spacial score (nSPS) is 11.1. The molecule has 3 aromatic carbocycles. The minimum Gasteiger partial charge on any atom is -0.321 e. The van der Waals surface area contributed by atoms with Crippen LogP contribution in [0.5, 0.6) is 0 Å². The molecule has 1 N–H and O–H groups in total. The fourth-order valence-electron chi connectivity index (χ4n) is 3.32. The second kappa shape index (κ2) is 9.75. The molecule has 3 rings (SSSR count). The molecule has 0 atom stereocenters. The standard InChI is InChI=1S/C25H20BrClN2O/c1-16-8-17(2)10-18(9-16)11-19-6-7-22(26)13-20(19)12-21(15-28)25(30)29-24-5-3-4-23(27)14-24/h3-10,12-14H,11H2,1-2H3,(H,29,30)/b21-12+. The van der Waals surface area contributed by atoms with Gasteiger partial charge in [0.25, 0.3) is 5.91 Å². The van der Waals surface area contributed by atoms with Crippen molar-refractivity contribution in [2.45, 2.75) is 20.3 Å². The quantitative estimate of drug-likeness (QED) is 0.321. The highest BCUT2D eigenvalue weighted by atomic mass is 79.9. The number of nitrogens with zero attached hydrogens (tertiary/aromatic N) is 1. The van der Waals surface area contributed by atoms with Gasteiger partial charge < -0.3 is 5.32 Å². The van der Waals surface area contributed by atoms with Gasteiger partial charge in [-0.25, -0.2) is 0 Å². The van der Waals surface area contributed by atoms with Crippen LogP contribution in [0.15, 0.2) is 70.7 Å². The van der Waals surface area contributed by atoms with E-state index in [1.54, 1.807) is 30.3 Å². The molecule has 0 aliphatic carbocycles. The van der Waals surface area contributed by atoms with Gasteiger partial charge in [-0.1, -0.05) is 69.0 Å². The molecule has 150 valence electrons. The van der Waals surface area contributed by atoms with Crippen LogP contribution in [-0.4, -0.2) is 5.91 Å². The maximum Gasteiger partial charge on any atom is 0.266 e. The van der Waals surface area contributed by atoms with Crippen LogP contribution in [0.4, 0.5) is 5.69 Å². The molecular formula is C25H20BrClN2O. The van der Waals surface area contributed by atoms with Gasteiger partial charge in [0.1, 0.15) is 11.6 Å². The molecule has 0 aliphatic heterocycles. The number of carbonyl (C=O) groups is 1. The maximum atomic E-state index is 12.6. The third kappa shape index (κ3) is 5.82. The summed E-state index contributed by atoms with van der Waals surface area (Å²) >= 11 is 9.46. The molecule has 0 radical (unpaired) electrons. The van der Waals surface area contributed by atoms with E-state index < -0.39 is 5.91 Å². The number of anilines is 1. The van der Waals surface area contributed by atoms with E-state index in [0.717, 1.165) is 15.6 Å². The summed E-state index contributed by atoms with van der Waals surface area (Å²) in [4.78, 5) is 12.6. The van der Waals surface area contributed by atoms with E-state index in [1.165, 1.54) is 16.7 Å². The Morgan fingerprint density at radius 2 is 1.83 bits per heavy atom. The molecule has 0 saturated carbocycles. The largest absolute Gasteiger partial charge is 0.321 e. The zero-order valence-corrected chi connectivity index (χ0v) is 19.0. The fourth-order valence-corrected chi connectivity index (χ4v) is 3.89. The van der Waals surface area contributed by atoms with Gasteiger partial charge in [-0.3, -0.25) is 4.79 Å². The Balaban J connectivity index is 1.92. The van der Waals surface area contributed by atoms with Crippen LogP contribution in [0.1, 0.15) is 27.8 Å². The van der Waals surface area contributed by atoms with Crippen LogP contribution in [0, 0.1) is 25.2 Å². The molecule has 0 spiro atoms. The predicted octanol–water partition coefficient (Wildman–Crippen LogP) is 6.86. The molecule has 0 bridgehead atoms. The second-order valence-corrected chi connectivity index (χ2v) is 8.50. The molecule has 0 aliphatic rings. The smallest absolute Gasteiger partial charge is 0.266 e. The fraction of sp³-hybridized carbons (Fsp3) is 0.120. The highest BCUT2D eigenvalue weighted by Gasteiger charge is 2.12. The average molecular weight is 480 g/mol. The number of carbonyl (C=O) groups excluding carboxylic acids is 1. The van der Waals surface area contributed by atoms with Crippen molar-refractivity contribution in [1.29, 1.82) is 5.26 Å². The third-order valence-electron chi connectivity index (χ3n) is 4.53. The molecule has 5 heteroatoms. The number of hydrogen-bond acceptors (Lipinski definition) is 2. The Morgan fingerprint density at radius 1 is 1.10 bits per heavy atom. The first-order chi connectivity index (χ1) is 14.3. The molecule has 30 heavy (non-hydrogen) atoms. The predicted molar refractivity (Wildman–Crippen MR) is 127 cm³/mol. The lowest BCUT2D eigenvalue weighted by Gasteiger charge is -2.10. The molecule has 0 heterocycles. The monoisotopic (exact) mass is 478 g/mol. The van der Waals surface area contributed by atoms with Crippen LogP contribution >= 0.6 is 27.5 Å². The van der Waals surface area contributed by atoms with E-state index >= 15 is 0 Å². The molecule has 0 aromatic heterocycles. The van der Waals surface area contributed by atoms with E-state index in [2.05, 4.69) is 53.3 Å². The Hall–Kier alpha value is -2.87. The summed E-state index contributed by atoms with van der Waals surface area (Å²) in [5.41, 5.74) is 6.02. The minimum atomic E-state index is -0.475. The van der Waals surface area contributed by atoms with Crippen molar-refractivity contribution < 1.29 is 4.79 Å². The van der Waals surface area contributed by atoms with Gasteiger partial charge >= 0.3 is 0 Å². The van der Waals surface area contributed by atoms with Crippen LogP contribution in [0.25, 0.3) is 6.08 Å². The van der Waals surface area contributed by atoms with Gasteiger partial charge in [0.2, 0.25) is 0 Å². The number of benzene rings is 3. The molecular weight excluding hydrogens is 460 g/mol. The van der Waals surface area contributed by atoms with Crippen molar-refractivity contribution in [2.75, 3.05) is 5.32 Å². The molecule has 3 aromatic rings. The lowest BCUT2D eigenvalue weighted by molar-refractivity contribution is -0.112. The van der Waals surface area contributed by atoms with Crippen LogP contribution in [0.2, 0.25) is 5.02 Å². The zero-order chi connectivity index (χ0) is 21.7. The summed E-state index contributed by atoms with van der Waals surface area (Å²) in [7, 11) is 0. The first-order valence-electron chi connectivity index (χ1n) is 9.38. The molecule has 0 saturated heterocycles. The van der Waals surface area contributed by atoms with Crippen molar-refractivity contribution in [1.82, 2.24) is 0 Å². The lowest BCUT2D eigenvalue weighted by atomic mass is 9.96. The SMILES string of the molecule is Cc1cc(C)cc(Cc2ccc(Br)cc2/C=C(\C#N)C(=O)Nc2cccc(Cl)c2)c1. The topological polar surface area (TPSA) is 52.9 Å². The summed E-state index contributed by atoms with van der Waals surface area (Å²) in [5.74, 6) is -0.475. The number of aryl methyl sites for hydroxylation is 2. The van der Waals surface area contributed by atoms with Crippen LogP contribution < -0.4 is 5.32 Å². The van der Waals surface area contributed by atoms with E-state index in [9.17, 15) is 10.1 Å². The number of amides is 1. The van der Waals surface area contributed by atoms with Crippen molar-refractivity contribution in [3.8, 4) is 6.07 Å². The lowest BCUT2D eigenvalue weighted by Crippen LogP contribution is -2.13. The molecule has 0 fully saturated rings. The maximum absolute atomic E-state index is 12.6. The van der Waals surface area contributed by atoms with Gasteiger partial charge in [0, 0.05) is 15.2 Å². The first kappa shape index (κ1) is 21.8. The summed E-state index contributed by atoms with van der Waals surface area (Å²) in [6, 6.07) is 21.2. The minimum absolute atomic E-state index is 0.0229. The average Bonchev–Trinajstić information content (AvgIpc) is 2.67. The molecule has 0 unspecified atom stereocenters. The van der Waals surface area contributed by atoms with E-state index in [1.807, 2.05) is 24.3 Å².